The van der Waals surface area contributed by atoms with Crippen LogP contribution in [0.1, 0.15) is 5.69 Å². The Kier molecular flexibility index (Phi) is 4.36. The van der Waals surface area contributed by atoms with Gasteiger partial charge in [0, 0.05) is 48.3 Å². The van der Waals surface area contributed by atoms with Gasteiger partial charge in [0.15, 0.2) is 0 Å². The summed E-state index contributed by atoms with van der Waals surface area (Å²) in [5.41, 5.74) is 4.23. The highest BCUT2D eigenvalue weighted by Crippen LogP contribution is 2.37. The molecule has 25 heavy (non-hydrogen) atoms. The Bertz CT molecular complexity index is 923. The number of aromatic nitrogens is 1. The van der Waals surface area contributed by atoms with Crippen molar-refractivity contribution in [1.82, 2.24) is 9.88 Å². The second kappa shape index (κ2) is 6.65. The van der Waals surface area contributed by atoms with E-state index >= 15 is 0 Å². The van der Waals surface area contributed by atoms with Crippen LogP contribution >= 0.6 is 11.6 Å². The van der Waals surface area contributed by atoms with E-state index < -0.39 is 6.61 Å². The summed E-state index contributed by atoms with van der Waals surface area (Å²) >= 11 is 6.38. The van der Waals surface area contributed by atoms with Crippen LogP contribution in [0.5, 0.6) is 5.75 Å². The smallest absolute Gasteiger partial charge is 0.387 e. The molecule has 1 aromatic heterocycles. The SMILES string of the molecule is FC(F)Oc1ccc(-c2cccc3cc4n(c23)CCNCC4)c(Cl)c1. The zero-order valence-corrected chi connectivity index (χ0v) is 14.2. The second-order valence-corrected chi connectivity index (χ2v) is 6.46. The summed E-state index contributed by atoms with van der Waals surface area (Å²) < 4.78 is 31.5. The minimum absolute atomic E-state index is 0.0640. The molecule has 2 heterocycles. The highest BCUT2D eigenvalue weighted by molar-refractivity contribution is 6.33. The summed E-state index contributed by atoms with van der Waals surface area (Å²) in [4.78, 5) is 0. The number of fused-ring (bicyclic) bond motifs is 3. The highest BCUT2D eigenvalue weighted by atomic mass is 35.5. The van der Waals surface area contributed by atoms with E-state index in [0.717, 1.165) is 42.7 Å². The number of alkyl halides is 2. The normalized spacial score (nSPS) is 14.6. The van der Waals surface area contributed by atoms with E-state index in [-0.39, 0.29) is 5.75 Å². The van der Waals surface area contributed by atoms with Gasteiger partial charge < -0.3 is 14.6 Å². The first-order chi connectivity index (χ1) is 12.1. The summed E-state index contributed by atoms with van der Waals surface area (Å²) in [7, 11) is 0. The first-order valence-corrected chi connectivity index (χ1v) is 8.58. The van der Waals surface area contributed by atoms with E-state index in [1.54, 1.807) is 6.07 Å². The van der Waals surface area contributed by atoms with Crippen molar-refractivity contribution in [2.24, 2.45) is 0 Å². The molecule has 0 aliphatic carbocycles. The van der Waals surface area contributed by atoms with Crippen molar-refractivity contribution in [3.8, 4) is 16.9 Å². The van der Waals surface area contributed by atoms with Crippen molar-refractivity contribution in [2.75, 3.05) is 13.1 Å². The maximum atomic E-state index is 12.4. The fraction of sp³-hybridized carbons (Fsp3) is 0.263. The lowest BCUT2D eigenvalue weighted by Crippen LogP contribution is -2.17. The molecule has 0 radical (unpaired) electrons. The van der Waals surface area contributed by atoms with Crippen LogP contribution in [0.15, 0.2) is 42.5 Å². The first-order valence-electron chi connectivity index (χ1n) is 8.20. The number of nitrogens with zero attached hydrogens (tertiary/aromatic N) is 1. The van der Waals surface area contributed by atoms with E-state index in [0.29, 0.717) is 5.02 Å². The number of hydrogen-bond acceptors (Lipinski definition) is 2. The first kappa shape index (κ1) is 16.4. The van der Waals surface area contributed by atoms with Gasteiger partial charge in [-0.15, -0.1) is 0 Å². The van der Waals surface area contributed by atoms with E-state index in [1.165, 1.54) is 23.2 Å². The molecule has 0 saturated carbocycles. The van der Waals surface area contributed by atoms with Gasteiger partial charge in [0.1, 0.15) is 5.75 Å². The minimum atomic E-state index is -2.86. The average molecular weight is 363 g/mol. The number of nitrogens with one attached hydrogen (secondary N) is 1. The van der Waals surface area contributed by atoms with Crippen LogP contribution in [-0.2, 0) is 13.0 Å². The summed E-state index contributed by atoms with van der Waals surface area (Å²) in [5.74, 6) is 0.0640. The topological polar surface area (TPSA) is 26.2 Å². The van der Waals surface area contributed by atoms with Crippen LogP contribution in [0.25, 0.3) is 22.0 Å². The van der Waals surface area contributed by atoms with Crippen molar-refractivity contribution in [3.05, 3.63) is 53.2 Å². The number of benzene rings is 2. The van der Waals surface area contributed by atoms with Gasteiger partial charge in [-0.1, -0.05) is 29.8 Å². The molecule has 1 aliphatic rings. The molecule has 0 bridgehead atoms. The Morgan fingerprint density at radius 1 is 1.08 bits per heavy atom. The van der Waals surface area contributed by atoms with Gasteiger partial charge in [0.05, 0.1) is 10.5 Å². The minimum Gasteiger partial charge on any atom is -0.435 e. The van der Waals surface area contributed by atoms with Crippen molar-refractivity contribution in [2.45, 2.75) is 19.6 Å². The predicted octanol–water partition coefficient (Wildman–Crippen LogP) is 4.71. The van der Waals surface area contributed by atoms with Crippen molar-refractivity contribution in [1.29, 1.82) is 0 Å². The molecule has 1 N–H and O–H groups in total. The lowest BCUT2D eigenvalue weighted by Gasteiger charge is -2.13. The maximum Gasteiger partial charge on any atom is 0.387 e. The predicted molar refractivity (Wildman–Crippen MR) is 95.6 cm³/mol. The molecular formula is C19H17ClF2N2O. The molecule has 4 rings (SSSR count). The van der Waals surface area contributed by atoms with Gasteiger partial charge in [-0.05, 0) is 24.3 Å². The van der Waals surface area contributed by atoms with Gasteiger partial charge in [-0.2, -0.15) is 8.78 Å². The summed E-state index contributed by atoms with van der Waals surface area (Å²) in [6.45, 7) is -0.0918. The molecule has 130 valence electrons. The molecule has 3 nitrogen and oxygen atoms in total. The van der Waals surface area contributed by atoms with Crippen LogP contribution in [0.3, 0.4) is 0 Å². The van der Waals surface area contributed by atoms with Gasteiger partial charge in [0.25, 0.3) is 0 Å². The molecule has 3 aromatic rings. The van der Waals surface area contributed by atoms with Gasteiger partial charge in [0.2, 0.25) is 0 Å². The number of halogens is 3. The third-order valence-electron chi connectivity index (χ3n) is 4.53. The third kappa shape index (κ3) is 3.10. The molecule has 1 aliphatic heterocycles. The van der Waals surface area contributed by atoms with Crippen LogP contribution < -0.4 is 10.1 Å². The summed E-state index contributed by atoms with van der Waals surface area (Å²) in [6, 6.07) is 13.0. The fourth-order valence-electron chi connectivity index (χ4n) is 3.48. The summed E-state index contributed by atoms with van der Waals surface area (Å²) in [6.07, 6.45) is 0.975. The Morgan fingerprint density at radius 3 is 2.76 bits per heavy atom. The Balaban J connectivity index is 1.85. The van der Waals surface area contributed by atoms with E-state index in [1.807, 2.05) is 12.1 Å². The quantitative estimate of drug-likeness (QED) is 0.730. The standard InChI is InChI=1S/C19H17ClF2N2O/c20-17-11-14(25-19(21)22)4-5-15(17)16-3-1-2-12-10-13-6-7-23-8-9-24(13)18(12)16/h1-5,10-11,19,23H,6-9H2. The molecule has 2 aromatic carbocycles. The number of rotatable bonds is 3. The van der Waals surface area contributed by atoms with Crippen molar-refractivity contribution < 1.29 is 13.5 Å². The fourth-order valence-corrected chi connectivity index (χ4v) is 3.76. The zero-order chi connectivity index (χ0) is 17.4. The molecule has 0 saturated heterocycles. The number of hydrogen-bond donors (Lipinski definition) is 1. The summed E-state index contributed by atoms with van der Waals surface area (Å²) in [5, 5.41) is 4.97. The van der Waals surface area contributed by atoms with E-state index in [9.17, 15) is 8.78 Å². The molecular weight excluding hydrogens is 346 g/mol. The molecule has 0 amide bonds. The average Bonchev–Trinajstić information content (AvgIpc) is 2.77. The van der Waals surface area contributed by atoms with Crippen LogP contribution in [0.2, 0.25) is 5.02 Å². The van der Waals surface area contributed by atoms with E-state index in [4.69, 9.17) is 11.6 Å². The molecule has 0 unspecified atom stereocenters. The van der Waals surface area contributed by atoms with Crippen molar-refractivity contribution in [3.63, 3.8) is 0 Å². The molecule has 6 heteroatoms. The Morgan fingerprint density at radius 2 is 1.96 bits per heavy atom. The molecule has 0 atom stereocenters. The molecule has 0 fully saturated rings. The zero-order valence-electron chi connectivity index (χ0n) is 13.4. The number of ether oxygens (including phenoxy) is 1. The van der Waals surface area contributed by atoms with Crippen LogP contribution in [-0.4, -0.2) is 24.3 Å². The van der Waals surface area contributed by atoms with Crippen LogP contribution in [0, 0.1) is 0 Å². The second-order valence-electron chi connectivity index (χ2n) is 6.05. The lowest BCUT2D eigenvalue weighted by atomic mass is 10.0. The van der Waals surface area contributed by atoms with Crippen LogP contribution in [0.4, 0.5) is 8.78 Å². The highest BCUT2D eigenvalue weighted by Gasteiger charge is 2.17. The monoisotopic (exact) mass is 362 g/mol. The van der Waals surface area contributed by atoms with Gasteiger partial charge in [-0.3, -0.25) is 0 Å². The Labute approximate surface area is 149 Å². The lowest BCUT2D eigenvalue weighted by molar-refractivity contribution is -0.0498. The van der Waals surface area contributed by atoms with Gasteiger partial charge >= 0.3 is 6.61 Å². The maximum absolute atomic E-state index is 12.4. The van der Waals surface area contributed by atoms with Crippen molar-refractivity contribution >= 4 is 22.5 Å². The molecule has 0 spiro atoms. The Hall–Kier alpha value is -2.11. The van der Waals surface area contributed by atoms with Gasteiger partial charge in [-0.25, -0.2) is 0 Å². The number of para-hydroxylation sites is 1. The third-order valence-corrected chi connectivity index (χ3v) is 4.84. The van der Waals surface area contributed by atoms with E-state index in [2.05, 4.69) is 26.8 Å². The largest absolute Gasteiger partial charge is 0.435 e.